The van der Waals surface area contributed by atoms with Crippen LogP contribution in [-0.4, -0.2) is 18.0 Å². The Morgan fingerprint density at radius 1 is 0.769 bits per heavy atom. The van der Waals surface area contributed by atoms with Gasteiger partial charge in [0, 0.05) is 11.4 Å². The van der Waals surface area contributed by atoms with Gasteiger partial charge in [0.05, 0.1) is 8.07 Å². The lowest BCUT2D eigenvalue weighted by Crippen LogP contribution is -2.39. The average molecular weight is 365 g/mol. The Kier molecular flexibility index (Phi) is 5.68. The molecule has 0 aliphatic rings. The van der Waals surface area contributed by atoms with Crippen LogP contribution in [0.1, 0.15) is 11.1 Å². The molecule has 0 spiro atoms. The summed E-state index contributed by atoms with van der Waals surface area (Å²) >= 11 is 0. The number of hydrogen-bond donors (Lipinski definition) is 0. The van der Waals surface area contributed by atoms with Crippen LogP contribution in [0.15, 0.2) is 66.9 Å². The molecule has 0 aliphatic carbocycles. The molecule has 0 saturated carbocycles. The van der Waals surface area contributed by atoms with Crippen molar-refractivity contribution < 1.29 is 9.47 Å². The molecule has 0 radical (unpaired) electrons. The van der Waals surface area contributed by atoms with Gasteiger partial charge in [0.15, 0.2) is 0 Å². The Morgan fingerprint density at radius 3 is 1.85 bits per heavy atom. The van der Waals surface area contributed by atoms with E-state index in [-0.39, 0.29) is 0 Å². The standard InChI is InChI=1S/C21H24N2O2Si/c1-26(2,3)19-14-22-21(25-16-18-12-8-5-9-13-18)23-20(19)24-15-17-10-6-4-7-11-17/h4-14H,15-16H2,1-3H3. The van der Waals surface area contributed by atoms with E-state index in [0.29, 0.717) is 25.1 Å². The van der Waals surface area contributed by atoms with Crippen molar-refractivity contribution in [2.45, 2.75) is 32.9 Å². The van der Waals surface area contributed by atoms with E-state index >= 15 is 0 Å². The van der Waals surface area contributed by atoms with Gasteiger partial charge in [0.25, 0.3) is 0 Å². The predicted molar refractivity (Wildman–Crippen MR) is 107 cm³/mol. The summed E-state index contributed by atoms with van der Waals surface area (Å²) in [5.74, 6) is 0.631. The van der Waals surface area contributed by atoms with Crippen molar-refractivity contribution in [1.82, 2.24) is 9.97 Å². The molecule has 0 aliphatic heterocycles. The molecular formula is C21H24N2O2Si. The Morgan fingerprint density at radius 2 is 1.31 bits per heavy atom. The quantitative estimate of drug-likeness (QED) is 0.590. The summed E-state index contributed by atoms with van der Waals surface area (Å²) in [5.41, 5.74) is 2.19. The zero-order chi connectivity index (χ0) is 18.4. The van der Waals surface area contributed by atoms with Crippen molar-refractivity contribution in [2.24, 2.45) is 0 Å². The van der Waals surface area contributed by atoms with Crippen molar-refractivity contribution in [3.63, 3.8) is 0 Å². The topological polar surface area (TPSA) is 44.2 Å². The third kappa shape index (κ3) is 4.92. The van der Waals surface area contributed by atoms with E-state index in [0.717, 1.165) is 16.3 Å². The molecule has 2 aromatic carbocycles. The number of hydrogen-bond acceptors (Lipinski definition) is 4. The molecule has 3 aromatic rings. The van der Waals surface area contributed by atoms with Crippen molar-refractivity contribution >= 4 is 13.3 Å². The number of rotatable bonds is 7. The molecule has 0 atom stereocenters. The first-order valence-corrected chi connectivity index (χ1v) is 12.2. The number of nitrogens with zero attached hydrogens (tertiary/aromatic N) is 2. The summed E-state index contributed by atoms with van der Waals surface area (Å²) in [7, 11) is -1.63. The van der Waals surface area contributed by atoms with E-state index in [1.54, 1.807) is 0 Å². The highest BCUT2D eigenvalue weighted by Gasteiger charge is 2.24. The zero-order valence-corrected chi connectivity index (χ0v) is 16.5. The molecular weight excluding hydrogens is 340 g/mol. The molecule has 3 rings (SSSR count). The maximum Gasteiger partial charge on any atom is 0.320 e. The van der Waals surface area contributed by atoms with E-state index in [4.69, 9.17) is 9.47 Å². The van der Waals surface area contributed by atoms with Crippen molar-refractivity contribution in [2.75, 3.05) is 0 Å². The Bertz CT molecular complexity index is 834. The van der Waals surface area contributed by atoms with Gasteiger partial charge in [-0.25, -0.2) is 4.98 Å². The lowest BCUT2D eigenvalue weighted by atomic mass is 10.2. The minimum absolute atomic E-state index is 0.346. The average Bonchev–Trinajstić information content (AvgIpc) is 2.65. The molecule has 134 valence electrons. The van der Waals surface area contributed by atoms with E-state index < -0.39 is 8.07 Å². The summed E-state index contributed by atoms with van der Waals surface area (Å²) < 4.78 is 11.8. The van der Waals surface area contributed by atoms with Gasteiger partial charge < -0.3 is 9.47 Å². The van der Waals surface area contributed by atoms with Crippen LogP contribution in [0.2, 0.25) is 19.6 Å². The molecule has 0 bridgehead atoms. The molecule has 1 aromatic heterocycles. The van der Waals surface area contributed by atoms with Gasteiger partial charge >= 0.3 is 6.01 Å². The van der Waals surface area contributed by atoms with Crippen LogP contribution in [0.5, 0.6) is 11.9 Å². The van der Waals surface area contributed by atoms with Crippen LogP contribution in [0.4, 0.5) is 0 Å². The third-order valence-electron chi connectivity index (χ3n) is 3.97. The van der Waals surface area contributed by atoms with Gasteiger partial charge in [0.2, 0.25) is 5.88 Å². The Labute approximate surface area is 155 Å². The highest BCUT2D eigenvalue weighted by molar-refractivity contribution is 6.89. The molecule has 5 heteroatoms. The van der Waals surface area contributed by atoms with Gasteiger partial charge in [0.1, 0.15) is 13.2 Å². The maximum atomic E-state index is 6.05. The second-order valence-electron chi connectivity index (χ2n) is 7.17. The van der Waals surface area contributed by atoms with Gasteiger partial charge in [-0.1, -0.05) is 80.3 Å². The lowest BCUT2D eigenvalue weighted by Gasteiger charge is -2.20. The highest BCUT2D eigenvalue weighted by atomic mass is 28.3. The van der Waals surface area contributed by atoms with Gasteiger partial charge in [-0.3, -0.25) is 0 Å². The van der Waals surface area contributed by atoms with Crippen LogP contribution in [0.3, 0.4) is 0 Å². The normalized spacial score (nSPS) is 11.2. The molecule has 4 nitrogen and oxygen atoms in total. The van der Waals surface area contributed by atoms with E-state index in [2.05, 4.69) is 29.6 Å². The Balaban J connectivity index is 1.77. The Hall–Kier alpha value is -2.66. The van der Waals surface area contributed by atoms with Gasteiger partial charge in [-0.2, -0.15) is 4.98 Å². The van der Waals surface area contributed by atoms with Crippen molar-refractivity contribution in [3.8, 4) is 11.9 Å². The zero-order valence-electron chi connectivity index (χ0n) is 15.5. The smallest absolute Gasteiger partial charge is 0.320 e. The molecule has 0 fully saturated rings. The summed E-state index contributed by atoms with van der Waals surface area (Å²) in [6.07, 6.45) is 1.86. The lowest BCUT2D eigenvalue weighted by molar-refractivity contribution is 0.260. The molecule has 0 amide bonds. The molecule has 0 unspecified atom stereocenters. The van der Waals surface area contributed by atoms with Crippen LogP contribution in [0, 0.1) is 0 Å². The van der Waals surface area contributed by atoms with Gasteiger partial charge in [-0.05, 0) is 11.1 Å². The molecule has 1 heterocycles. The van der Waals surface area contributed by atoms with Crippen LogP contribution >= 0.6 is 0 Å². The minimum atomic E-state index is -1.63. The van der Waals surface area contributed by atoms with Crippen LogP contribution < -0.4 is 14.7 Å². The fourth-order valence-electron chi connectivity index (χ4n) is 2.49. The number of benzene rings is 2. The first kappa shape index (κ1) is 18.1. The minimum Gasteiger partial charge on any atom is -0.473 e. The molecule has 0 N–H and O–H groups in total. The molecule has 0 saturated heterocycles. The fourth-order valence-corrected chi connectivity index (χ4v) is 3.71. The van der Waals surface area contributed by atoms with Crippen LogP contribution in [0.25, 0.3) is 0 Å². The monoisotopic (exact) mass is 364 g/mol. The van der Waals surface area contributed by atoms with E-state index in [1.807, 2.05) is 66.9 Å². The number of aromatic nitrogens is 2. The molecule has 26 heavy (non-hydrogen) atoms. The number of ether oxygens (including phenoxy) is 2. The summed E-state index contributed by atoms with van der Waals surface area (Å²) in [5, 5.41) is 1.10. The van der Waals surface area contributed by atoms with Gasteiger partial charge in [-0.15, -0.1) is 0 Å². The summed E-state index contributed by atoms with van der Waals surface area (Å²) in [4.78, 5) is 8.95. The maximum absolute atomic E-state index is 6.05. The second-order valence-corrected chi connectivity index (χ2v) is 12.2. The first-order valence-electron chi connectivity index (χ1n) is 8.73. The van der Waals surface area contributed by atoms with E-state index in [9.17, 15) is 0 Å². The fraction of sp³-hybridized carbons (Fsp3) is 0.238. The van der Waals surface area contributed by atoms with Crippen molar-refractivity contribution in [1.29, 1.82) is 0 Å². The summed E-state index contributed by atoms with van der Waals surface area (Å²) in [6, 6.07) is 20.4. The highest BCUT2D eigenvalue weighted by Crippen LogP contribution is 2.17. The predicted octanol–water partition coefficient (Wildman–Crippen LogP) is 4.18. The summed E-state index contributed by atoms with van der Waals surface area (Å²) in [6.45, 7) is 7.68. The first-order chi connectivity index (χ1) is 12.5. The third-order valence-corrected chi connectivity index (χ3v) is 5.93. The van der Waals surface area contributed by atoms with E-state index in [1.165, 1.54) is 0 Å². The largest absolute Gasteiger partial charge is 0.473 e. The SMILES string of the molecule is C[Si](C)(C)c1cnc(OCc2ccccc2)nc1OCc1ccccc1. The second kappa shape index (κ2) is 8.14. The van der Waals surface area contributed by atoms with Crippen LogP contribution in [-0.2, 0) is 13.2 Å². The van der Waals surface area contributed by atoms with Crippen molar-refractivity contribution in [3.05, 3.63) is 78.0 Å².